The third kappa shape index (κ3) is 1.46. The van der Waals surface area contributed by atoms with Crippen molar-refractivity contribution in [3.63, 3.8) is 0 Å². The molecule has 2 heterocycles. The van der Waals surface area contributed by atoms with Gasteiger partial charge in [-0.05, 0) is 12.1 Å². The zero-order valence-electron chi connectivity index (χ0n) is 6.64. The maximum absolute atomic E-state index is 5.39. The van der Waals surface area contributed by atoms with E-state index in [1.165, 1.54) is 0 Å². The number of nitrogens with two attached hydrogens (primary N) is 1. The van der Waals surface area contributed by atoms with Crippen LogP contribution in [0.2, 0.25) is 0 Å². The van der Waals surface area contributed by atoms with Crippen molar-refractivity contribution in [2.75, 3.05) is 0 Å². The first-order chi connectivity index (χ1) is 6.27. The van der Waals surface area contributed by atoms with Gasteiger partial charge in [-0.1, -0.05) is 12.2 Å². The third-order valence-corrected chi connectivity index (χ3v) is 1.75. The van der Waals surface area contributed by atoms with Crippen LogP contribution >= 0.6 is 12.2 Å². The molecule has 0 spiro atoms. The van der Waals surface area contributed by atoms with Gasteiger partial charge in [-0.25, -0.2) is 9.97 Å². The van der Waals surface area contributed by atoms with Gasteiger partial charge in [0.15, 0.2) is 5.82 Å². The number of fused-ring (bicyclic) bond motifs is 1. The maximum atomic E-state index is 5.39. The second kappa shape index (κ2) is 3.02. The zero-order chi connectivity index (χ0) is 9.26. The average molecular weight is 190 g/mol. The first-order valence-corrected chi connectivity index (χ1v) is 4.06. The summed E-state index contributed by atoms with van der Waals surface area (Å²) in [6.07, 6.45) is 3.29. The maximum Gasteiger partial charge on any atom is 0.187 e. The molecule has 0 amide bonds. The minimum atomic E-state index is 0.200. The third-order valence-electron chi connectivity index (χ3n) is 1.57. The van der Waals surface area contributed by atoms with Crippen molar-refractivity contribution in [3.8, 4) is 0 Å². The first kappa shape index (κ1) is 8.00. The Morgan fingerprint density at radius 3 is 2.92 bits per heavy atom. The molecule has 0 radical (unpaired) electrons. The molecule has 0 fully saturated rings. The van der Waals surface area contributed by atoms with E-state index in [1.54, 1.807) is 18.5 Å². The summed E-state index contributed by atoms with van der Waals surface area (Å²) in [5.41, 5.74) is 6.88. The molecule has 4 nitrogen and oxygen atoms in total. The minimum absolute atomic E-state index is 0.200. The Hall–Kier alpha value is -1.62. The molecule has 2 rings (SSSR count). The van der Waals surface area contributed by atoms with Gasteiger partial charge in [0.2, 0.25) is 0 Å². The van der Waals surface area contributed by atoms with Gasteiger partial charge < -0.3 is 5.73 Å². The highest BCUT2D eigenvalue weighted by Crippen LogP contribution is 2.05. The van der Waals surface area contributed by atoms with Crippen LogP contribution in [-0.2, 0) is 0 Å². The quantitative estimate of drug-likeness (QED) is 0.669. The molecule has 0 aliphatic heterocycles. The van der Waals surface area contributed by atoms with Gasteiger partial charge >= 0.3 is 0 Å². The Labute approximate surface area is 79.8 Å². The van der Waals surface area contributed by atoms with Gasteiger partial charge in [0.05, 0.1) is 11.7 Å². The minimum Gasteiger partial charge on any atom is -0.387 e. The molecule has 0 saturated carbocycles. The number of hydrogen-bond acceptors (Lipinski definition) is 4. The van der Waals surface area contributed by atoms with Crippen LogP contribution in [0, 0.1) is 0 Å². The SMILES string of the molecule is NC(=S)c1ncc2ncccc2n1. The number of pyridine rings is 1. The Kier molecular flexibility index (Phi) is 1.86. The summed E-state index contributed by atoms with van der Waals surface area (Å²) in [4.78, 5) is 12.4. The van der Waals surface area contributed by atoms with E-state index in [0.717, 1.165) is 11.0 Å². The normalized spacial score (nSPS) is 10.2. The summed E-state index contributed by atoms with van der Waals surface area (Å²) in [6.45, 7) is 0. The van der Waals surface area contributed by atoms with Gasteiger partial charge in [0, 0.05) is 6.20 Å². The fourth-order valence-corrected chi connectivity index (χ4v) is 1.09. The molecule has 0 aliphatic rings. The summed E-state index contributed by atoms with van der Waals surface area (Å²) < 4.78 is 0. The van der Waals surface area contributed by atoms with E-state index in [9.17, 15) is 0 Å². The molecule has 0 unspecified atom stereocenters. The molecule has 64 valence electrons. The fraction of sp³-hybridized carbons (Fsp3) is 0. The Balaban J connectivity index is 2.69. The van der Waals surface area contributed by atoms with Crippen molar-refractivity contribution in [1.82, 2.24) is 15.0 Å². The summed E-state index contributed by atoms with van der Waals surface area (Å²) in [6, 6.07) is 3.64. The molecular formula is C8H6N4S. The van der Waals surface area contributed by atoms with Gasteiger partial charge in [-0.3, -0.25) is 4.98 Å². The lowest BCUT2D eigenvalue weighted by Crippen LogP contribution is -2.13. The number of hydrogen-bond donors (Lipinski definition) is 1. The second-order valence-corrected chi connectivity index (χ2v) is 2.91. The average Bonchev–Trinajstić information content (AvgIpc) is 2.17. The molecule has 0 aliphatic carbocycles. The monoisotopic (exact) mass is 190 g/mol. The molecule has 2 aromatic rings. The van der Waals surface area contributed by atoms with Crippen LogP contribution in [0.5, 0.6) is 0 Å². The van der Waals surface area contributed by atoms with E-state index >= 15 is 0 Å². The molecule has 2 aromatic heterocycles. The second-order valence-electron chi connectivity index (χ2n) is 2.47. The van der Waals surface area contributed by atoms with E-state index in [4.69, 9.17) is 18.0 Å². The Bertz CT molecular complexity index is 468. The molecule has 5 heteroatoms. The van der Waals surface area contributed by atoms with E-state index in [1.807, 2.05) is 6.07 Å². The van der Waals surface area contributed by atoms with Crippen molar-refractivity contribution < 1.29 is 0 Å². The van der Waals surface area contributed by atoms with Crippen molar-refractivity contribution in [1.29, 1.82) is 0 Å². The largest absolute Gasteiger partial charge is 0.387 e. The van der Waals surface area contributed by atoms with Crippen molar-refractivity contribution in [2.24, 2.45) is 5.73 Å². The highest BCUT2D eigenvalue weighted by Gasteiger charge is 2.01. The molecular weight excluding hydrogens is 184 g/mol. The van der Waals surface area contributed by atoms with Gasteiger partial charge in [-0.15, -0.1) is 0 Å². The molecule has 13 heavy (non-hydrogen) atoms. The predicted molar refractivity (Wildman–Crippen MR) is 53.2 cm³/mol. The zero-order valence-corrected chi connectivity index (χ0v) is 7.45. The number of nitrogens with zero attached hydrogens (tertiary/aromatic N) is 3. The Morgan fingerprint density at radius 2 is 2.15 bits per heavy atom. The lowest BCUT2D eigenvalue weighted by Gasteiger charge is -1.97. The standard InChI is InChI=1S/C8H6N4S/c9-7(13)8-11-4-6-5(12-8)2-1-3-10-6/h1-4H,(H2,9,13). The molecule has 0 saturated heterocycles. The summed E-state index contributed by atoms with van der Waals surface area (Å²) in [7, 11) is 0. The van der Waals surface area contributed by atoms with E-state index in [-0.39, 0.29) is 4.99 Å². The van der Waals surface area contributed by atoms with Crippen LogP contribution in [0.25, 0.3) is 11.0 Å². The van der Waals surface area contributed by atoms with Gasteiger partial charge in [0.25, 0.3) is 0 Å². The lowest BCUT2D eigenvalue weighted by molar-refractivity contribution is 1.16. The number of aromatic nitrogens is 3. The van der Waals surface area contributed by atoms with Crippen molar-refractivity contribution in [2.45, 2.75) is 0 Å². The highest BCUT2D eigenvalue weighted by molar-refractivity contribution is 7.80. The van der Waals surface area contributed by atoms with Crippen LogP contribution in [0.4, 0.5) is 0 Å². The highest BCUT2D eigenvalue weighted by atomic mass is 32.1. The summed E-state index contributed by atoms with van der Waals surface area (Å²) in [5, 5.41) is 0. The van der Waals surface area contributed by atoms with E-state index in [2.05, 4.69) is 15.0 Å². The van der Waals surface area contributed by atoms with Crippen LogP contribution in [0.15, 0.2) is 24.5 Å². The molecule has 0 atom stereocenters. The molecule has 2 N–H and O–H groups in total. The molecule has 0 aromatic carbocycles. The van der Waals surface area contributed by atoms with Crippen molar-refractivity contribution >= 4 is 28.2 Å². The smallest absolute Gasteiger partial charge is 0.187 e. The fourth-order valence-electron chi connectivity index (χ4n) is 0.987. The van der Waals surface area contributed by atoms with Crippen molar-refractivity contribution in [3.05, 3.63) is 30.4 Å². The Morgan fingerprint density at radius 1 is 1.31 bits per heavy atom. The van der Waals surface area contributed by atoms with Crippen LogP contribution in [0.1, 0.15) is 5.82 Å². The van der Waals surface area contributed by atoms with Crippen LogP contribution < -0.4 is 5.73 Å². The first-order valence-electron chi connectivity index (χ1n) is 3.65. The summed E-state index contributed by atoms with van der Waals surface area (Å²) in [5.74, 6) is 0.385. The van der Waals surface area contributed by atoms with Crippen LogP contribution in [-0.4, -0.2) is 19.9 Å². The summed E-state index contributed by atoms with van der Waals surface area (Å²) >= 11 is 4.76. The van der Waals surface area contributed by atoms with E-state index in [0.29, 0.717) is 5.82 Å². The van der Waals surface area contributed by atoms with E-state index < -0.39 is 0 Å². The number of rotatable bonds is 1. The van der Waals surface area contributed by atoms with Crippen LogP contribution in [0.3, 0.4) is 0 Å². The topological polar surface area (TPSA) is 64.7 Å². The predicted octanol–water partition coefficient (Wildman–Crippen LogP) is 0.659. The van der Waals surface area contributed by atoms with Gasteiger partial charge in [-0.2, -0.15) is 0 Å². The van der Waals surface area contributed by atoms with Gasteiger partial charge in [0.1, 0.15) is 10.5 Å². The lowest BCUT2D eigenvalue weighted by atomic mass is 10.3. The molecule has 0 bridgehead atoms. The number of thiocarbonyl (C=S) groups is 1.